The molecule has 0 spiro atoms. The lowest BCUT2D eigenvalue weighted by molar-refractivity contribution is -0.147. The second kappa shape index (κ2) is 7.23. The Bertz CT molecular complexity index is 687. The molecule has 0 saturated heterocycles. The van der Waals surface area contributed by atoms with Gasteiger partial charge in [-0.25, -0.2) is 5.01 Å². The van der Waals surface area contributed by atoms with Gasteiger partial charge < -0.3 is 11.1 Å². The number of carbonyl (C=O) groups excluding carboxylic acids is 3. The van der Waals surface area contributed by atoms with Gasteiger partial charge in [-0.15, -0.1) is 0 Å². The molecule has 7 nitrogen and oxygen atoms in total. The summed E-state index contributed by atoms with van der Waals surface area (Å²) >= 11 is 0. The van der Waals surface area contributed by atoms with E-state index in [0.29, 0.717) is 11.1 Å². The summed E-state index contributed by atoms with van der Waals surface area (Å²) in [6, 6.07) is 4.95. The summed E-state index contributed by atoms with van der Waals surface area (Å²) < 4.78 is 0. The fourth-order valence-corrected chi connectivity index (χ4v) is 2.89. The molecule has 1 aliphatic heterocycles. The van der Waals surface area contributed by atoms with Crippen molar-refractivity contribution in [1.82, 2.24) is 15.3 Å². The van der Waals surface area contributed by atoms with Gasteiger partial charge in [-0.2, -0.15) is 0 Å². The highest BCUT2D eigenvalue weighted by atomic mass is 16.2. The third kappa shape index (κ3) is 3.51. The van der Waals surface area contributed by atoms with Crippen LogP contribution in [0.1, 0.15) is 49.7 Å². The van der Waals surface area contributed by atoms with Crippen LogP contribution in [0.25, 0.3) is 0 Å². The van der Waals surface area contributed by atoms with Crippen molar-refractivity contribution in [2.45, 2.75) is 45.8 Å². The third-order valence-corrected chi connectivity index (χ3v) is 4.40. The lowest BCUT2D eigenvalue weighted by atomic mass is 9.98. The van der Waals surface area contributed by atoms with E-state index in [-0.39, 0.29) is 23.8 Å². The number of amides is 3. The first kappa shape index (κ1) is 18.9. The second-order valence-electron chi connectivity index (χ2n) is 6.90. The van der Waals surface area contributed by atoms with Crippen LogP contribution < -0.4 is 11.1 Å². The Balaban J connectivity index is 2.49. The van der Waals surface area contributed by atoms with E-state index < -0.39 is 18.0 Å². The van der Waals surface area contributed by atoms with Crippen LogP contribution in [-0.4, -0.2) is 46.9 Å². The average molecular weight is 346 g/mol. The van der Waals surface area contributed by atoms with E-state index in [2.05, 4.69) is 5.32 Å². The summed E-state index contributed by atoms with van der Waals surface area (Å²) in [5, 5.41) is 5.40. The molecule has 1 unspecified atom stereocenters. The number of fused-ring (bicyclic) bond motifs is 1. The summed E-state index contributed by atoms with van der Waals surface area (Å²) in [5.41, 5.74) is 6.79. The molecule has 25 heavy (non-hydrogen) atoms. The first-order valence-corrected chi connectivity index (χ1v) is 8.42. The van der Waals surface area contributed by atoms with E-state index in [9.17, 15) is 14.4 Å². The first-order chi connectivity index (χ1) is 11.7. The van der Waals surface area contributed by atoms with Crippen LogP contribution in [0.2, 0.25) is 0 Å². The van der Waals surface area contributed by atoms with E-state index in [4.69, 9.17) is 5.73 Å². The lowest BCUT2D eigenvalue weighted by Gasteiger charge is -2.34. The van der Waals surface area contributed by atoms with Crippen molar-refractivity contribution in [2.75, 3.05) is 7.05 Å². The highest BCUT2D eigenvalue weighted by Crippen LogP contribution is 2.27. The van der Waals surface area contributed by atoms with E-state index in [1.54, 1.807) is 24.3 Å². The van der Waals surface area contributed by atoms with Gasteiger partial charge in [0.25, 0.3) is 11.8 Å². The molecule has 0 fully saturated rings. The van der Waals surface area contributed by atoms with Crippen molar-refractivity contribution >= 4 is 17.7 Å². The van der Waals surface area contributed by atoms with Crippen LogP contribution in [0.4, 0.5) is 0 Å². The number of hydrogen-bond acceptors (Lipinski definition) is 4. The molecule has 1 aromatic rings. The quantitative estimate of drug-likeness (QED) is 0.852. The van der Waals surface area contributed by atoms with Crippen LogP contribution in [0, 0.1) is 5.92 Å². The highest BCUT2D eigenvalue weighted by Gasteiger charge is 2.39. The Hall–Kier alpha value is -2.41. The van der Waals surface area contributed by atoms with Gasteiger partial charge in [-0.05, 0) is 31.4 Å². The SMILES string of the molecule is CC(C)[C@H](N)C(=O)NC1C(=O)N(C)N(C(C)C)C(=O)c2ccccc21. The first-order valence-electron chi connectivity index (χ1n) is 8.42. The molecule has 0 saturated carbocycles. The molecule has 1 aromatic carbocycles. The minimum absolute atomic E-state index is 0.0670. The van der Waals surface area contributed by atoms with E-state index in [1.807, 2.05) is 27.7 Å². The van der Waals surface area contributed by atoms with Crippen molar-refractivity contribution < 1.29 is 14.4 Å². The fraction of sp³-hybridized carbons (Fsp3) is 0.500. The van der Waals surface area contributed by atoms with Gasteiger partial charge in [0.2, 0.25) is 5.91 Å². The Morgan fingerprint density at radius 2 is 1.76 bits per heavy atom. The zero-order valence-electron chi connectivity index (χ0n) is 15.3. The van der Waals surface area contributed by atoms with Gasteiger partial charge in [0.1, 0.15) is 6.04 Å². The van der Waals surface area contributed by atoms with Crippen LogP contribution >= 0.6 is 0 Å². The van der Waals surface area contributed by atoms with E-state index >= 15 is 0 Å². The molecule has 7 heteroatoms. The summed E-state index contributed by atoms with van der Waals surface area (Å²) in [6.07, 6.45) is 0. The molecule has 1 aliphatic rings. The number of nitrogens with one attached hydrogen (secondary N) is 1. The number of hydrazine groups is 1. The Morgan fingerprint density at radius 3 is 2.32 bits per heavy atom. The summed E-state index contributed by atoms with van der Waals surface area (Å²) in [5.74, 6) is -1.13. The monoisotopic (exact) mass is 346 g/mol. The van der Waals surface area contributed by atoms with Gasteiger partial charge in [0.05, 0.1) is 6.04 Å². The zero-order chi connectivity index (χ0) is 18.9. The third-order valence-electron chi connectivity index (χ3n) is 4.40. The number of benzene rings is 1. The van der Waals surface area contributed by atoms with Crippen molar-refractivity contribution in [3.05, 3.63) is 35.4 Å². The number of rotatable bonds is 4. The zero-order valence-corrected chi connectivity index (χ0v) is 15.3. The molecule has 3 N–H and O–H groups in total. The van der Waals surface area contributed by atoms with Crippen LogP contribution in [0.3, 0.4) is 0 Å². The molecule has 3 amide bonds. The summed E-state index contributed by atoms with van der Waals surface area (Å²) in [7, 11) is 1.54. The molecule has 0 bridgehead atoms. The minimum atomic E-state index is -0.953. The average Bonchev–Trinajstić information content (AvgIpc) is 2.64. The highest BCUT2D eigenvalue weighted by molar-refractivity contribution is 6.02. The summed E-state index contributed by atoms with van der Waals surface area (Å²) in [4.78, 5) is 38.3. The fourth-order valence-electron chi connectivity index (χ4n) is 2.89. The predicted octanol–water partition coefficient (Wildman–Crippen LogP) is 1.06. The number of nitrogens with zero attached hydrogens (tertiary/aromatic N) is 2. The maximum absolute atomic E-state index is 13.0. The van der Waals surface area contributed by atoms with Crippen molar-refractivity contribution in [2.24, 2.45) is 11.7 Å². The van der Waals surface area contributed by atoms with Gasteiger partial charge in [-0.3, -0.25) is 19.4 Å². The number of nitrogens with two attached hydrogens (primary N) is 1. The number of likely N-dealkylation sites (N-methyl/N-ethyl adjacent to an activating group) is 1. The van der Waals surface area contributed by atoms with Crippen LogP contribution in [0.15, 0.2) is 24.3 Å². The van der Waals surface area contributed by atoms with Crippen LogP contribution in [-0.2, 0) is 9.59 Å². The van der Waals surface area contributed by atoms with Gasteiger partial charge in [-0.1, -0.05) is 32.0 Å². The largest absolute Gasteiger partial charge is 0.339 e. The molecule has 2 atom stereocenters. The Morgan fingerprint density at radius 1 is 1.16 bits per heavy atom. The smallest absolute Gasteiger partial charge is 0.273 e. The maximum atomic E-state index is 13.0. The minimum Gasteiger partial charge on any atom is -0.339 e. The van der Waals surface area contributed by atoms with Gasteiger partial charge >= 0.3 is 0 Å². The molecule has 2 rings (SSSR count). The van der Waals surface area contributed by atoms with Crippen LogP contribution in [0.5, 0.6) is 0 Å². The molecule has 0 radical (unpaired) electrons. The van der Waals surface area contributed by atoms with Crippen molar-refractivity contribution in [1.29, 1.82) is 0 Å². The summed E-state index contributed by atoms with van der Waals surface area (Å²) in [6.45, 7) is 7.34. The molecule has 1 heterocycles. The molecule has 136 valence electrons. The van der Waals surface area contributed by atoms with Crippen molar-refractivity contribution in [3.63, 3.8) is 0 Å². The predicted molar refractivity (Wildman–Crippen MR) is 94.2 cm³/mol. The molecular formula is C18H26N4O3. The van der Waals surface area contributed by atoms with E-state index in [0.717, 1.165) is 0 Å². The molecule has 0 aliphatic carbocycles. The van der Waals surface area contributed by atoms with E-state index in [1.165, 1.54) is 17.1 Å². The Kier molecular flexibility index (Phi) is 5.47. The topological polar surface area (TPSA) is 95.7 Å². The lowest BCUT2D eigenvalue weighted by Crippen LogP contribution is -2.53. The Labute approximate surface area is 148 Å². The number of carbonyl (C=O) groups is 3. The molecule has 0 aromatic heterocycles. The normalized spacial score (nSPS) is 19.1. The standard InChI is InChI=1S/C18H26N4O3/c1-10(2)14(19)16(23)20-15-12-8-6-7-9-13(12)17(24)22(11(3)4)21(5)18(15)25/h6-11,14-15H,19H2,1-5H3,(H,20,23)/t14-,15?/m0/s1. The van der Waals surface area contributed by atoms with Gasteiger partial charge in [0, 0.05) is 18.7 Å². The molecular weight excluding hydrogens is 320 g/mol. The maximum Gasteiger partial charge on any atom is 0.273 e. The van der Waals surface area contributed by atoms with Gasteiger partial charge in [0.15, 0.2) is 0 Å². The van der Waals surface area contributed by atoms with Crippen molar-refractivity contribution in [3.8, 4) is 0 Å². The number of hydrogen-bond donors (Lipinski definition) is 2. The second-order valence-corrected chi connectivity index (χ2v) is 6.90.